The Bertz CT molecular complexity index is 309. The molecule has 88 valence electrons. The smallest absolute Gasteiger partial charge is 0.211 e. The molecule has 0 spiro atoms. The van der Waals surface area contributed by atoms with Crippen molar-refractivity contribution in [3.63, 3.8) is 0 Å². The lowest BCUT2D eigenvalue weighted by molar-refractivity contribution is 0.227. The molecule has 0 amide bonds. The number of hydrogen-bond donors (Lipinski definition) is 1. The highest BCUT2D eigenvalue weighted by molar-refractivity contribution is 7.88. The van der Waals surface area contributed by atoms with Gasteiger partial charge in [-0.1, -0.05) is 0 Å². The van der Waals surface area contributed by atoms with Gasteiger partial charge in [-0.05, 0) is 38.1 Å². The van der Waals surface area contributed by atoms with Gasteiger partial charge in [0.1, 0.15) is 0 Å². The zero-order valence-electron chi connectivity index (χ0n) is 9.28. The molecule has 0 radical (unpaired) electrons. The van der Waals surface area contributed by atoms with E-state index in [4.69, 9.17) is 0 Å². The standard InChI is InChI=1S/C10H20N2O2S/c1-15(13,14)12-7-3-4-9(8-12)10-5-2-6-11-10/h9-11H,2-8H2,1H3. The SMILES string of the molecule is CS(=O)(=O)N1CCCC(C2CCCN2)C1. The minimum absolute atomic E-state index is 0.524. The quantitative estimate of drug-likeness (QED) is 0.750. The third-order valence-corrected chi connectivity index (χ3v) is 4.83. The molecule has 0 bridgehead atoms. The largest absolute Gasteiger partial charge is 0.314 e. The maximum Gasteiger partial charge on any atom is 0.211 e. The van der Waals surface area contributed by atoms with Crippen LogP contribution < -0.4 is 5.32 Å². The van der Waals surface area contributed by atoms with Gasteiger partial charge in [0, 0.05) is 19.1 Å². The Morgan fingerprint density at radius 3 is 2.67 bits per heavy atom. The van der Waals surface area contributed by atoms with Crippen molar-refractivity contribution in [3.8, 4) is 0 Å². The third kappa shape index (κ3) is 2.71. The van der Waals surface area contributed by atoms with Crippen molar-refractivity contribution in [1.82, 2.24) is 9.62 Å². The molecule has 15 heavy (non-hydrogen) atoms. The van der Waals surface area contributed by atoms with Crippen LogP contribution in [0.5, 0.6) is 0 Å². The van der Waals surface area contributed by atoms with Crippen LogP contribution in [0.2, 0.25) is 0 Å². The summed E-state index contributed by atoms with van der Waals surface area (Å²) in [7, 11) is -2.98. The average molecular weight is 232 g/mol. The fourth-order valence-electron chi connectivity index (χ4n) is 2.72. The summed E-state index contributed by atoms with van der Waals surface area (Å²) in [5, 5.41) is 3.48. The van der Waals surface area contributed by atoms with Gasteiger partial charge in [0.2, 0.25) is 10.0 Å². The number of nitrogens with zero attached hydrogens (tertiary/aromatic N) is 1. The Morgan fingerprint density at radius 1 is 1.27 bits per heavy atom. The molecule has 0 aromatic carbocycles. The number of rotatable bonds is 2. The Kier molecular flexibility index (Phi) is 3.33. The average Bonchev–Trinajstić information content (AvgIpc) is 2.69. The highest BCUT2D eigenvalue weighted by atomic mass is 32.2. The first kappa shape index (κ1) is 11.4. The molecule has 0 aromatic rings. The molecule has 0 aliphatic carbocycles. The van der Waals surface area contributed by atoms with Gasteiger partial charge in [-0.2, -0.15) is 0 Å². The molecule has 2 aliphatic heterocycles. The lowest BCUT2D eigenvalue weighted by atomic mass is 9.91. The topological polar surface area (TPSA) is 49.4 Å². The number of hydrogen-bond acceptors (Lipinski definition) is 3. The monoisotopic (exact) mass is 232 g/mol. The van der Waals surface area contributed by atoms with Crippen LogP contribution in [0.1, 0.15) is 25.7 Å². The second-order valence-corrected chi connectivity index (χ2v) is 6.71. The summed E-state index contributed by atoms with van der Waals surface area (Å²) in [6.07, 6.45) is 5.94. The predicted molar refractivity (Wildman–Crippen MR) is 60.2 cm³/mol. The summed E-state index contributed by atoms with van der Waals surface area (Å²) in [4.78, 5) is 0. The minimum Gasteiger partial charge on any atom is -0.314 e. The van der Waals surface area contributed by atoms with Crippen molar-refractivity contribution in [1.29, 1.82) is 0 Å². The van der Waals surface area contributed by atoms with Crippen LogP contribution in [0, 0.1) is 5.92 Å². The molecular weight excluding hydrogens is 212 g/mol. The molecule has 1 N–H and O–H groups in total. The molecule has 4 nitrogen and oxygen atoms in total. The minimum atomic E-state index is -2.98. The van der Waals surface area contributed by atoms with Gasteiger partial charge < -0.3 is 5.32 Å². The van der Waals surface area contributed by atoms with E-state index in [-0.39, 0.29) is 0 Å². The zero-order valence-corrected chi connectivity index (χ0v) is 10.1. The van der Waals surface area contributed by atoms with Gasteiger partial charge >= 0.3 is 0 Å². The molecule has 2 saturated heterocycles. The van der Waals surface area contributed by atoms with Gasteiger partial charge in [-0.15, -0.1) is 0 Å². The van der Waals surface area contributed by atoms with Crippen molar-refractivity contribution in [2.24, 2.45) is 5.92 Å². The van der Waals surface area contributed by atoms with E-state index in [9.17, 15) is 8.42 Å². The molecule has 2 heterocycles. The molecule has 2 rings (SSSR count). The lowest BCUT2D eigenvalue weighted by Crippen LogP contribution is -2.45. The zero-order chi connectivity index (χ0) is 10.9. The van der Waals surface area contributed by atoms with E-state index in [0.29, 0.717) is 18.5 Å². The molecule has 2 atom stereocenters. The number of sulfonamides is 1. The summed E-state index contributed by atoms with van der Waals surface area (Å²) in [6.45, 7) is 2.53. The Hall–Kier alpha value is -0.130. The molecule has 2 fully saturated rings. The van der Waals surface area contributed by atoms with Crippen molar-refractivity contribution in [3.05, 3.63) is 0 Å². The van der Waals surface area contributed by atoms with Gasteiger partial charge in [-0.25, -0.2) is 12.7 Å². The normalized spacial score (nSPS) is 34.5. The third-order valence-electron chi connectivity index (χ3n) is 3.56. The maximum absolute atomic E-state index is 11.5. The predicted octanol–water partition coefficient (Wildman–Crippen LogP) is 0.410. The van der Waals surface area contributed by atoms with Crippen LogP contribution in [0.3, 0.4) is 0 Å². The summed E-state index contributed by atoms with van der Waals surface area (Å²) < 4.78 is 24.5. The van der Waals surface area contributed by atoms with Crippen LogP contribution in [0.25, 0.3) is 0 Å². The highest BCUT2D eigenvalue weighted by Gasteiger charge is 2.31. The van der Waals surface area contributed by atoms with Crippen LogP contribution in [-0.4, -0.2) is 44.7 Å². The molecular formula is C10H20N2O2S. The first-order valence-corrected chi connectivity index (χ1v) is 7.61. The highest BCUT2D eigenvalue weighted by Crippen LogP contribution is 2.25. The maximum atomic E-state index is 11.5. The summed E-state index contributed by atoms with van der Waals surface area (Å²) >= 11 is 0. The van der Waals surface area contributed by atoms with Crippen LogP contribution in [0.15, 0.2) is 0 Å². The first-order valence-electron chi connectivity index (χ1n) is 5.76. The Balaban J connectivity index is 1.97. The molecule has 5 heteroatoms. The van der Waals surface area contributed by atoms with E-state index in [1.165, 1.54) is 25.5 Å². The first-order chi connectivity index (χ1) is 7.07. The Labute approximate surface area is 92.1 Å². The van der Waals surface area contributed by atoms with Gasteiger partial charge in [0.25, 0.3) is 0 Å². The second kappa shape index (κ2) is 4.39. The van der Waals surface area contributed by atoms with Crippen LogP contribution in [-0.2, 0) is 10.0 Å². The van der Waals surface area contributed by atoms with Crippen LogP contribution in [0.4, 0.5) is 0 Å². The molecule has 2 unspecified atom stereocenters. The van der Waals surface area contributed by atoms with Crippen molar-refractivity contribution >= 4 is 10.0 Å². The van der Waals surface area contributed by atoms with Gasteiger partial charge in [0.15, 0.2) is 0 Å². The summed E-state index contributed by atoms with van der Waals surface area (Å²) in [5.74, 6) is 0.524. The summed E-state index contributed by atoms with van der Waals surface area (Å²) in [5.41, 5.74) is 0. The fourth-order valence-corrected chi connectivity index (χ4v) is 3.64. The molecule has 0 aromatic heterocycles. The van der Waals surface area contributed by atoms with E-state index in [1.807, 2.05) is 0 Å². The van der Waals surface area contributed by atoms with Crippen LogP contribution >= 0.6 is 0 Å². The number of nitrogens with one attached hydrogen (secondary N) is 1. The Morgan fingerprint density at radius 2 is 2.07 bits per heavy atom. The molecule has 2 aliphatic rings. The second-order valence-electron chi connectivity index (χ2n) is 4.73. The van der Waals surface area contributed by atoms with Crippen molar-refractivity contribution in [2.75, 3.05) is 25.9 Å². The van der Waals surface area contributed by atoms with E-state index >= 15 is 0 Å². The fraction of sp³-hybridized carbons (Fsp3) is 1.00. The van der Waals surface area contributed by atoms with Crippen molar-refractivity contribution < 1.29 is 8.42 Å². The van der Waals surface area contributed by atoms with Gasteiger partial charge in [-0.3, -0.25) is 0 Å². The number of piperidine rings is 1. The van der Waals surface area contributed by atoms with E-state index in [2.05, 4.69) is 5.32 Å². The van der Waals surface area contributed by atoms with E-state index < -0.39 is 10.0 Å². The van der Waals surface area contributed by atoms with E-state index in [0.717, 1.165) is 19.5 Å². The van der Waals surface area contributed by atoms with E-state index in [1.54, 1.807) is 4.31 Å². The summed E-state index contributed by atoms with van der Waals surface area (Å²) in [6, 6.07) is 0.551. The van der Waals surface area contributed by atoms with Gasteiger partial charge in [0.05, 0.1) is 6.26 Å². The van der Waals surface area contributed by atoms with Crippen molar-refractivity contribution in [2.45, 2.75) is 31.7 Å². The lowest BCUT2D eigenvalue weighted by Gasteiger charge is -2.34. The molecule has 0 saturated carbocycles.